The van der Waals surface area contributed by atoms with E-state index in [1.54, 1.807) is 0 Å². The molecule has 112 valence electrons. The second kappa shape index (κ2) is 6.61. The molecule has 0 unspecified atom stereocenters. The van der Waals surface area contributed by atoms with Gasteiger partial charge in [-0.15, -0.1) is 0 Å². The van der Waals surface area contributed by atoms with Crippen molar-refractivity contribution in [3.05, 3.63) is 81.6 Å². The normalized spacial score (nSPS) is 11.0. The van der Waals surface area contributed by atoms with Crippen LogP contribution in [0.1, 0.15) is 36.6 Å². The number of nitrogens with one attached hydrogen (secondary N) is 1. The molecule has 0 spiro atoms. The maximum atomic E-state index is 12.8. The van der Waals surface area contributed by atoms with E-state index in [1.807, 2.05) is 42.5 Å². The standard InChI is InChI=1S/C20H21NO/c1-2-3-11-17-19(14-15-9-5-4-6-10-15)21-18-13-8-7-12-16(18)20(17)22/h4-10,12-13H,2-3,11,14H2,1H3,(H,21,22). The lowest BCUT2D eigenvalue weighted by molar-refractivity contribution is 0.780. The summed E-state index contributed by atoms with van der Waals surface area (Å²) in [5.41, 5.74) is 4.35. The molecule has 0 radical (unpaired) electrons. The number of rotatable bonds is 5. The molecule has 0 aliphatic heterocycles. The van der Waals surface area contributed by atoms with Crippen LogP contribution in [0, 0.1) is 0 Å². The molecule has 0 atom stereocenters. The summed E-state index contributed by atoms with van der Waals surface area (Å²) in [6.45, 7) is 2.16. The third-order valence-electron chi connectivity index (χ3n) is 4.10. The summed E-state index contributed by atoms with van der Waals surface area (Å²) in [6, 6.07) is 18.1. The van der Waals surface area contributed by atoms with Crippen LogP contribution in [0.4, 0.5) is 0 Å². The molecule has 0 saturated carbocycles. The number of fused-ring (bicyclic) bond motifs is 1. The third kappa shape index (κ3) is 2.96. The Bertz CT molecular complexity index is 818. The molecule has 0 fully saturated rings. The molecule has 0 amide bonds. The number of benzene rings is 2. The zero-order valence-corrected chi connectivity index (χ0v) is 12.9. The number of H-pyrrole nitrogens is 1. The van der Waals surface area contributed by atoms with E-state index in [4.69, 9.17) is 0 Å². The van der Waals surface area contributed by atoms with Crippen molar-refractivity contribution in [2.45, 2.75) is 32.6 Å². The van der Waals surface area contributed by atoms with E-state index < -0.39 is 0 Å². The zero-order chi connectivity index (χ0) is 15.4. The van der Waals surface area contributed by atoms with Crippen molar-refractivity contribution in [2.24, 2.45) is 0 Å². The van der Waals surface area contributed by atoms with Crippen LogP contribution in [0.2, 0.25) is 0 Å². The van der Waals surface area contributed by atoms with Crippen LogP contribution in [0.3, 0.4) is 0 Å². The van der Waals surface area contributed by atoms with E-state index in [-0.39, 0.29) is 5.43 Å². The van der Waals surface area contributed by atoms with Crippen molar-refractivity contribution in [1.29, 1.82) is 0 Å². The molecule has 0 bridgehead atoms. The summed E-state index contributed by atoms with van der Waals surface area (Å²) >= 11 is 0. The van der Waals surface area contributed by atoms with Gasteiger partial charge in [-0.1, -0.05) is 55.8 Å². The molecule has 1 N–H and O–H groups in total. The minimum atomic E-state index is 0.189. The van der Waals surface area contributed by atoms with Gasteiger partial charge in [0.2, 0.25) is 0 Å². The largest absolute Gasteiger partial charge is 0.358 e. The van der Waals surface area contributed by atoms with Crippen molar-refractivity contribution in [3.63, 3.8) is 0 Å². The highest BCUT2D eigenvalue weighted by atomic mass is 16.1. The number of pyridine rings is 1. The second-order valence-corrected chi connectivity index (χ2v) is 5.72. The van der Waals surface area contributed by atoms with Gasteiger partial charge in [0.05, 0.1) is 0 Å². The Morgan fingerprint density at radius 2 is 1.68 bits per heavy atom. The van der Waals surface area contributed by atoms with E-state index in [2.05, 4.69) is 24.0 Å². The summed E-state index contributed by atoms with van der Waals surface area (Å²) in [5.74, 6) is 0. The van der Waals surface area contributed by atoms with Crippen molar-refractivity contribution >= 4 is 10.9 Å². The topological polar surface area (TPSA) is 32.9 Å². The average Bonchev–Trinajstić information content (AvgIpc) is 2.56. The van der Waals surface area contributed by atoms with E-state index in [0.29, 0.717) is 0 Å². The molecule has 2 heteroatoms. The molecular weight excluding hydrogens is 270 g/mol. The predicted molar refractivity (Wildman–Crippen MR) is 92.4 cm³/mol. The number of unbranched alkanes of at least 4 members (excludes halogenated alkanes) is 1. The lowest BCUT2D eigenvalue weighted by Crippen LogP contribution is -2.15. The Labute approximate surface area is 130 Å². The monoisotopic (exact) mass is 291 g/mol. The van der Waals surface area contributed by atoms with Gasteiger partial charge in [0.25, 0.3) is 0 Å². The number of hydrogen-bond donors (Lipinski definition) is 1. The number of aromatic nitrogens is 1. The van der Waals surface area contributed by atoms with Crippen LogP contribution >= 0.6 is 0 Å². The Morgan fingerprint density at radius 1 is 0.955 bits per heavy atom. The van der Waals surface area contributed by atoms with E-state index in [1.165, 1.54) is 5.56 Å². The van der Waals surface area contributed by atoms with Crippen LogP contribution in [0.15, 0.2) is 59.4 Å². The molecule has 1 aromatic heterocycles. The minimum Gasteiger partial charge on any atom is -0.358 e. The van der Waals surface area contributed by atoms with Gasteiger partial charge in [0.15, 0.2) is 5.43 Å². The lowest BCUT2D eigenvalue weighted by Gasteiger charge is -2.11. The second-order valence-electron chi connectivity index (χ2n) is 5.72. The van der Waals surface area contributed by atoms with Crippen LogP contribution < -0.4 is 5.43 Å². The Hall–Kier alpha value is -2.35. The Balaban J connectivity index is 2.11. The van der Waals surface area contributed by atoms with E-state index in [0.717, 1.165) is 47.8 Å². The van der Waals surface area contributed by atoms with Gasteiger partial charge in [0, 0.05) is 28.6 Å². The van der Waals surface area contributed by atoms with Gasteiger partial charge in [-0.25, -0.2) is 0 Å². The van der Waals surface area contributed by atoms with Crippen LogP contribution in [0.5, 0.6) is 0 Å². The fraction of sp³-hybridized carbons (Fsp3) is 0.250. The average molecular weight is 291 g/mol. The van der Waals surface area contributed by atoms with Gasteiger partial charge in [-0.05, 0) is 30.5 Å². The summed E-state index contributed by atoms with van der Waals surface area (Å²) in [7, 11) is 0. The molecule has 1 heterocycles. The fourth-order valence-corrected chi connectivity index (χ4v) is 2.90. The van der Waals surface area contributed by atoms with Gasteiger partial charge < -0.3 is 4.98 Å². The van der Waals surface area contributed by atoms with E-state index in [9.17, 15) is 4.79 Å². The Morgan fingerprint density at radius 3 is 2.45 bits per heavy atom. The van der Waals surface area contributed by atoms with Gasteiger partial charge in [-0.3, -0.25) is 4.79 Å². The maximum absolute atomic E-state index is 12.8. The molecule has 3 rings (SSSR count). The van der Waals surface area contributed by atoms with E-state index >= 15 is 0 Å². The first-order valence-corrected chi connectivity index (χ1v) is 7.96. The fourth-order valence-electron chi connectivity index (χ4n) is 2.90. The smallest absolute Gasteiger partial charge is 0.192 e. The Kier molecular flexibility index (Phi) is 4.38. The first-order chi connectivity index (χ1) is 10.8. The maximum Gasteiger partial charge on any atom is 0.192 e. The predicted octanol–water partition coefficient (Wildman–Crippen LogP) is 4.46. The summed E-state index contributed by atoms with van der Waals surface area (Å²) in [4.78, 5) is 16.3. The third-order valence-corrected chi connectivity index (χ3v) is 4.10. The molecular formula is C20H21NO. The number of para-hydroxylation sites is 1. The SMILES string of the molecule is CCCCc1c(Cc2ccccc2)[nH]c2ccccc2c1=O. The van der Waals surface area contributed by atoms with Crippen molar-refractivity contribution < 1.29 is 0 Å². The summed E-state index contributed by atoms with van der Waals surface area (Å²) in [6.07, 6.45) is 3.76. The quantitative estimate of drug-likeness (QED) is 0.739. The number of hydrogen-bond acceptors (Lipinski definition) is 1. The summed E-state index contributed by atoms with van der Waals surface area (Å²) in [5, 5.41) is 0.797. The van der Waals surface area contributed by atoms with Crippen LogP contribution in [-0.2, 0) is 12.8 Å². The highest BCUT2D eigenvalue weighted by molar-refractivity contribution is 5.79. The van der Waals surface area contributed by atoms with Crippen LogP contribution in [0.25, 0.3) is 10.9 Å². The van der Waals surface area contributed by atoms with Crippen molar-refractivity contribution in [2.75, 3.05) is 0 Å². The summed E-state index contributed by atoms with van der Waals surface area (Å²) < 4.78 is 0. The van der Waals surface area contributed by atoms with Crippen LogP contribution in [-0.4, -0.2) is 4.98 Å². The molecule has 0 saturated heterocycles. The molecule has 22 heavy (non-hydrogen) atoms. The van der Waals surface area contributed by atoms with Gasteiger partial charge in [0.1, 0.15) is 0 Å². The first kappa shape index (κ1) is 14.6. The zero-order valence-electron chi connectivity index (χ0n) is 12.9. The molecule has 3 aromatic rings. The van der Waals surface area contributed by atoms with Crippen molar-refractivity contribution in [3.8, 4) is 0 Å². The minimum absolute atomic E-state index is 0.189. The van der Waals surface area contributed by atoms with Gasteiger partial charge >= 0.3 is 0 Å². The highest BCUT2D eigenvalue weighted by Crippen LogP contribution is 2.16. The lowest BCUT2D eigenvalue weighted by atomic mass is 9.99. The highest BCUT2D eigenvalue weighted by Gasteiger charge is 2.11. The van der Waals surface area contributed by atoms with Crippen molar-refractivity contribution in [1.82, 2.24) is 4.98 Å². The molecule has 2 aromatic carbocycles. The molecule has 0 aliphatic carbocycles. The molecule has 0 aliphatic rings. The first-order valence-electron chi connectivity index (χ1n) is 7.96. The molecule has 2 nitrogen and oxygen atoms in total. The van der Waals surface area contributed by atoms with Gasteiger partial charge in [-0.2, -0.15) is 0 Å². The number of aromatic amines is 1.